The zero-order valence-corrected chi connectivity index (χ0v) is 11.6. The second-order valence-corrected chi connectivity index (χ2v) is 5.86. The molecule has 17 heavy (non-hydrogen) atoms. The van der Waals surface area contributed by atoms with Crippen LogP contribution in [0.4, 0.5) is 5.69 Å². The molecule has 0 radical (unpaired) electrons. The van der Waals surface area contributed by atoms with Gasteiger partial charge in [-0.15, -0.1) is 0 Å². The summed E-state index contributed by atoms with van der Waals surface area (Å²) < 4.78 is 0. The minimum absolute atomic E-state index is 0.652. The van der Waals surface area contributed by atoms with E-state index in [1.165, 1.54) is 29.2 Å². The second-order valence-electron chi connectivity index (χ2n) is 4.23. The number of thioether (sulfide) groups is 1. The molecule has 0 amide bonds. The van der Waals surface area contributed by atoms with E-state index in [4.69, 9.17) is 17.3 Å². The molecule has 1 aromatic rings. The molecule has 0 spiro atoms. The average Bonchev–Trinajstić information content (AvgIpc) is 2.60. The van der Waals surface area contributed by atoms with Gasteiger partial charge in [0.1, 0.15) is 0 Å². The Morgan fingerprint density at radius 1 is 1.29 bits per heavy atom. The molecule has 1 heterocycles. The molecule has 2 nitrogen and oxygen atoms in total. The standard InChI is InChI=1S/C13H19ClN2S/c14-12-3-1-4-13(11(12)5-6-15)16-7-2-9-17-10-8-16/h1,3-4H,2,5-10,15H2. The number of rotatable bonds is 3. The first-order chi connectivity index (χ1) is 8.33. The van der Waals surface area contributed by atoms with Gasteiger partial charge in [0.25, 0.3) is 0 Å². The zero-order chi connectivity index (χ0) is 12.1. The summed E-state index contributed by atoms with van der Waals surface area (Å²) in [4.78, 5) is 2.46. The molecule has 0 aliphatic carbocycles. The van der Waals surface area contributed by atoms with Crippen molar-refractivity contribution in [3.8, 4) is 0 Å². The van der Waals surface area contributed by atoms with Crippen molar-refractivity contribution in [3.63, 3.8) is 0 Å². The number of hydrogen-bond acceptors (Lipinski definition) is 3. The van der Waals surface area contributed by atoms with Crippen molar-refractivity contribution in [2.45, 2.75) is 12.8 Å². The molecule has 0 aromatic heterocycles. The zero-order valence-electron chi connectivity index (χ0n) is 9.99. The van der Waals surface area contributed by atoms with Gasteiger partial charge in [-0.1, -0.05) is 17.7 Å². The first kappa shape index (κ1) is 13.1. The molecule has 0 unspecified atom stereocenters. The summed E-state index contributed by atoms with van der Waals surface area (Å²) in [7, 11) is 0. The van der Waals surface area contributed by atoms with E-state index in [1.54, 1.807) is 0 Å². The fourth-order valence-electron chi connectivity index (χ4n) is 2.22. The molecule has 0 bridgehead atoms. The minimum atomic E-state index is 0.652. The second kappa shape index (κ2) is 6.53. The number of benzene rings is 1. The number of nitrogens with zero attached hydrogens (tertiary/aromatic N) is 1. The van der Waals surface area contributed by atoms with Crippen LogP contribution in [0, 0.1) is 0 Å². The summed E-state index contributed by atoms with van der Waals surface area (Å²) in [6.07, 6.45) is 2.11. The van der Waals surface area contributed by atoms with Crippen LogP contribution in [0.2, 0.25) is 5.02 Å². The van der Waals surface area contributed by atoms with Crippen LogP contribution in [0.3, 0.4) is 0 Å². The van der Waals surface area contributed by atoms with E-state index in [0.717, 1.165) is 24.5 Å². The van der Waals surface area contributed by atoms with Crippen molar-refractivity contribution in [1.82, 2.24) is 0 Å². The number of hydrogen-bond donors (Lipinski definition) is 1. The van der Waals surface area contributed by atoms with E-state index < -0.39 is 0 Å². The molecule has 94 valence electrons. The predicted molar refractivity (Wildman–Crippen MR) is 78.4 cm³/mol. The van der Waals surface area contributed by atoms with Gasteiger partial charge in [0.15, 0.2) is 0 Å². The van der Waals surface area contributed by atoms with Gasteiger partial charge in [0.05, 0.1) is 0 Å². The Hall–Kier alpha value is -0.380. The van der Waals surface area contributed by atoms with Crippen LogP contribution in [0.15, 0.2) is 18.2 Å². The monoisotopic (exact) mass is 270 g/mol. The van der Waals surface area contributed by atoms with Gasteiger partial charge in [-0.3, -0.25) is 0 Å². The largest absolute Gasteiger partial charge is 0.370 e. The van der Waals surface area contributed by atoms with Crippen molar-refractivity contribution in [2.75, 3.05) is 36.0 Å². The first-order valence-electron chi connectivity index (χ1n) is 6.13. The third-order valence-corrected chi connectivity index (χ3v) is 4.45. The fraction of sp³-hybridized carbons (Fsp3) is 0.538. The predicted octanol–water partition coefficient (Wildman–Crippen LogP) is 2.78. The van der Waals surface area contributed by atoms with Gasteiger partial charge < -0.3 is 10.6 Å². The van der Waals surface area contributed by atoms with Crippen molar-refractivity contribution in [3.05, 3.63) is 28.8 Å². The Morgan fingerprint density at radius 3 is 3.00 bits per heavy atom. The van der Waals surface area contributed by atoms with Crippen LogP contribution in [-0.2, 0) is 6.42 Å². The lowest BCUT2D eigenvalue weighted by Gasteiger charge is -2.25. The highest BCUT2D eigenvalue weighted by molar-refractivity contribution is 7.99. The van der Waals surface area contributed by atoms with Crippen LogP contribution < -0.4 is 10.6 Å². The third-order valence-electron chi connectivity index (χ3n) is 3.05. The van der Waals surface area contributed by atoms with Crippen LogP contribution >= 0.6 is 23.4 Å². The maximum atomic E-state index is 6.28. The van der Waals surface area contributed by atoms with Gasteiger partial charge in [-0.2, -0.15) is 11.8 Å². The molecule has 4 heteroatoms. The molecule has 1 aliphatic heterocycles. The van der Waals surface area contributed by atoms with E-state index in [9.17, 15) is 0 Å². The summed E-state index contributed by atoms with van der Waals surface area (Å²) in [6.45, 7) is 2.90. The lowest BCUT2D eigenvalue weighted by atomic mass is 10.1. The van der Waals surface area contributed by atoms with Crippen LogP contribution in [0.25, 0.3) is 0 Å². The van der Waals surface area contributed by atoms with Crippen molar-refractivity contribution >= 4 is 29.1 Å². The quantitative estimate of drug-likeness (QED) is 0.916. The smallest absolute Gasteiger partial charge is 0.0459 e. The number of anilines is 1. The van der Waals surface area contributed by atoms with Crippen molar-refractivity contribution < 1.29 is 0 Å². The van der Waals surface area contributed by atoms with Crippen molar-refractivity contribution in [1.29, 1.82) is 0 Å². The normalized spacial score (nSPS) is 16.9. The molecule has 0 saturated carbocycles. The number of halogens is 1. The Kier molecular flexibility index (Phi) is 5.01. The maximum Gasteiger partial charge on any atom is 0.0459 e. The first-order valence-corrected chi connectivity index (χ1v) is 7.66. The van der Waals surface area contributed by atoms with Crippen molar-refractivity contribution in [2.24, 2.45) is 5.73 Å². The molecule has 1 saturated heterocycles. The molecule has 1 aromatic carbocycles. The minimum Gasteiger partial charge on any atom is -0.370 e. The summed E-state index contributed by atoms with van der Waals surface area (Å²) in [6, 6.07) is 6.17. The molecule has 2 N–H and O–H groups in total. The summed E-state index contributed by atoms with van der Waals surface area (Å²) in [5, 5.41) is 0.852. The summed E-state index contributed by atoms with van der Waals surface area (Å²) in [5.74, 6) is 2.47. The molecular formula is C13H19ClN2S. The SMILES string of the molecule is NCCc1c(Cl)cccc1N1CCCSCC1. The molecular weight excluding hydrogens is 252 g/mol. The van der Waals surface area contributed by atoms with Crippen LogP contribution in [0.1, 0.15) is 12.0 Å². The lowest BCUT2D eigenvalue weighted by molar-refractivity contribution is 0.806. The topological polar surface area (TPSA) is 29.3 Å². The molecule has 1 aliphatic rings. The maximum absolute atomic E-state index is 6.28. The fourth-order valence-corrected chi connectivity index (χ4v) is 3.37. The molecule has 0 atom stereocenters. The van der Waals surface area contributed by atoms with Crippen LogP contribution in [-0.4, -0.2) is 31.1 Å². The van der Waals surface area contributed by atoms with E-state index in [-0.39, 0.29) is 0 Å². The highest BCUT2D eigenvalue weighted by Gasteiger charge is 2.14. The third kappa shape index (κ3) is 3.30. The van der Waals surface area contributed by atoms with Crippen LogP contribution in [0.5, 0.6) is 0 Å². The van der Waals surface area contributed by atoms with E-state index in [0.29, 0.717) is 6.54 Å². The molecule has 2 rings (SSSR count). The Labute approximate surface area is 113 Å². The Morgan fingerprint density at radius 2 is 2.18 bits per heavy atom. The van der Waals surface area contributed by atoms with E-state index >= 15 is 0 Å². The summed E-state index contributed by atoms with van der Waals surface area (Å²) in [5.41, 5.74) is 8.17. The highest BCUT2D eigenvalue weighted by Crippen LogP contribution is 2.29. The van der Waals surface area contributed by atoms with E-state index in [2.05, 4.69) is 11.0 Å². The summed E-state index contributed by atoms with van der Waals surface area (Å²) >= 11 is 8.32. The van der Waals surface area contributed by atoms with E-state index in [1.807, 2.05) is 23.9 Å². The lowest BCUT2D eigenvalue weighted by Crippen LogP contribution is -2.27. The number of nitrogens with two attached hydrogens (primary N) is 1. The Balaban J connectivity index is 2.25. The van der Waals surface area contributed by atoms with Gasteiger partial charge >= 0.3 is 0 Å². The Bertz CT molecular complexity index is 362. The molecule has 1 fully saturated rings. The van der Waals surface area contributed by atoms with Gasteiger partial charge in [-0.05, 0) is 42.8 Å². The van der Waals surface area contributed by atoms with Gasteiger partial charge in [0, 0.05) is 29.6 Å². The highest BCUT2D eigenvalue weighted by atomic mass is 35.5. The van der Waals surface area contributed by atoms with Gasteiger partial charge in [0.2, 0.25) is 0 Å². The van der Waals surface area contributed by atoms with Gasteiger partial charge in [-0.25, -0.2) is 0 Å². The average molecular weight is 271 g/mol.